The van der Waals surface area contributed by atoms with Crippen LogP contribution in [-0.4, -0.2) is 0 Å². The molecule has 0 fully saturated rings. The number of nitrogens with zero attached hydrogens (tertiary/aromatic N) is 1. The van der Waals surface area contributed by atoms with Crippen molar-refractivity contribution in [3.63, 3.8) is 0 Å². The second-order valence-corrected chi connectivity index (χ2v) is 3.83. The van der Waals surface area contributed by atoms with E-state index in [1.165, 1.54) is 11.4 Å². The van der Waals surface area contributed by atoms with Crippen LogP contribution in [0.4, 0.5) is 11.4 Å². The van der Waals surface area contributed by atoms with E-state index in [1.54, 1.807) is 0 Å². The quantitative estimate of drug-likeness (QED) is 0.723. The van der Waals surface area contributed by atoms with Gasteiger partial charge in [-0.3, -0.25) is 0 Å². The Bertz CT molecular complexity index is 420. The highest BCUT2D eigenvalue weighted by Gasteiger charge is 2.03. The maximum absolute atomic E-state index is 2.20. The summed E-state index contributed by atoms with van der Waals surface area (Å²) in [5.74, 6) is 0. The molecule has 2 aromatic rings. The minimum absolute atomic E-state index is 1.04. The standard InChI is InChI=1S/C16H17N/c1-2-3-14-17(15-10-6-4-7-11-15)16-12-8-5-9-13-16/h3-14H,2H2,1H3. The molecular formula is C16H17N. The minimum atomic E-state index is 1.04. The number of hydrogen-bond acceptors (Lipinski definition) is 1. The number of benzene rings is 2. The summed E-state index contributed by atoms with van der Waals surface area (Å²) in [6, 6.07) is 20.8. The topological polar surface area (TPSA) is 3.24 Å². The molecule has 0 aromatic heterocycles. The lowest BCUT2D eigenvalue weighted by Gasteiger charge is -2.20. The fraction of sp³-hybridized carbons (Fsp3) is 0.125. The van der Waals surface area contributed by atoms with E-state index < -0.39 is 0 Å². The molecule has 0 N–H and O–H groups in total. The van der Waals surface area contributed by atoms with E-state index in [2.05, 4.69) is 72.6 Å². The minimum Gasteiger partial charge on any atom is -0.318 e. The van der Waals surface area contributed by atoms with E-state index in [9.17, 15) is 0 Å². The Morgan fingerprint density at radius 1 is 0.824 bits per heavy atom. The maximum Gasteiger partial charge on any atom is 0.0455 e. The molecule has 2 rings (SSSR count). The van der Waals surface area contributed by atoms with Crippen LogP contribution in [0.25, 0.3) is 0 Å². The zero-order valence-electron chi connectivity index (χ0n) is 10.1. The SMILES string of the molecule is CCC=CN(c1ccccc1)c1ccccc1. The molecule has 1 heteroatoms. The molecule has 86 valence electrons. The lowest BCUT2D eigenvalue weighted by molar-refractivity contribution is 1.18. The van der Waals surface area contributed by atoms with E-state index in [4.69, 9.17) is 0 Å². The van der Waals surface area contributed by atoms with Crippen molar-refractivity contribution in [2.24, 2.45) is 0 Å². The first kappa shape index (κ1) is 11.5. The van der Waals surface area contributed by atoms with Gasteiger partial charge in [0.25, 0.3) is 0 Å². The third-order valence-corrected chi connectivity index (χ3v) is 2.56. The van der Waals surface area contributed by atoms with Gasteiger partial charge in [-0.15, -0.1) is 0 Å². The summed E-state index contributed by atoms with van der Waals surface area (Å²) in [4.78, 5) is 2.20. The lowest BCUT2D eigenvalue weighted by Crippen LogP contribution is -2.07. The first-order valence-corrected chi connectivity index (χ1v) is 5.98. The average Bonchev–Trinajstić information content (AvgIpc) is 2.42. The molecule has 0 heterocycles. The van der Waals surface area contributed by atoms with E-state index in [-0.39, 0.29) is 0 Å². The van der Waals surface area contributed by atoms with Crippen molar-refractivity contribution in [3.05, 3.63) is 72.9 Å². The summed E-state index contributed by atoms with van der Waals surface area (Å²) in [6.07, 6.45) is 5.33. The Morgan fingerprint density at radius 2 is 1.29 bits per heavy atom. The Labute approximate surface area is 103 Å². The van der Waals surface area contributed by atoms with Crippen molar-refractivity contribution in [2.45, 2.75) is 13.3 Å². The normalized spacial score (nSPS) is 10.6. The Morgan fingerprint density at radius 3 is 1.71 bits per heavy atom. The van der Waals surface area contributed by atoms with E-state index in [0.717, 1.165) is 6.42 Å². The van der Waals surface area contributed by atoms with Gasteiger partial charge in [0.1, 0.15) is 0 Å². The molecule has 0 atom stereocenters. The van der Waals surface area contributed by atoms with Crippen LogP contribution in [0.2, 0.25) is 0 Å². The number of anilines is 2. The molecule has 0 aliphatic carbocycles. The zero-order valence-corrected chi connectivity index (χ0v) is 10.1. The fourth-order valence-corrected chi connectivity index (χ4v) is 1.71. The van der Waals surface area contributed by atoms with Crippen molar-refractivity contribution in [2.75, 3.05) is 4.90 Å². The summed E-state index contributed by atoms with van der Waals surface area (Å²) >= 11 is 0. The summed E-state index contributed by atoms with van der Waals surface area (Å²) in [5, 5.41) is 0. The number of rotatable bonds is 4. The molecule has 0 amide bonds. The van der Waals surface area contributed by atoms with Gasteiger partial charge in [-0.05, 0) is 30.7 Å². The Hall–Kier alpha value is -2.02. The lowest BCUT2D eigenvalue weighted by atomic mass is 10.2. The van der Waals surface area contributed by atoms with Crippen molar-refractivity contribution >= 4 is 11.4 Å². The second kappa shape index (κ2) is 5.90. The fourth-order valence-electron chi connectivity index (χ4n) is 1.71. The van der Waals surface area contributed by atoms with Crippen LogP contribution in [-0.2, 0) is 0 Å². The van der Waals surface area contributed by atoms with E-state index in [0.29, 0.717) is 0 Å². The van der Waals surface area contributed by atoms with Crippen LogP contribution >= 0.6 is 0 Å². The number of allylic oxidation sites excluding steroid dienone is 1. The first-order chi connectivity index (χ1) is 8.42. The van der Waals surface area contributed by atoms with Crippen molar-refractivity contribution in [3.8, 4) is 0 Å². The molecule has 0 aliphatic heterocycles. The van der Waals surface area contributed by atoms with Crippen molar-refractivity contribution in [1.29, 1.82) is 0 Å². The molecule has 0 bridgehead atoms. The predicted molar refractivity (Wildman–Crippen MR) is 74.5 cm³/mol. The monoisotopic (exact) mass is 223 g/mol. The Kier molecular flexibility index (Phi) is 3.98. The molecule has 0 unspecified atom stereocenters. The van der Waals surface area contributed by atoms with Gasteiger partial charge in [0.05, 0.1) is 0 Å². The van der Waals surface area contributed by atoms with Gasteiger partial charge in [-0.25, -0.2) is 0 Å². The molecule has 2 aromatic carbocycles. The molecular weight excluding hydrogens is 206 g/mol. The highest BCUT2D eigenvalue weighted by molar-refractivity contribution is 5.65. The summed E-state index contributed by atoms with van der Waals surface area (Å²) in [7, 11) is 0. The number of hydrogen-bond donors (Lipinski definition) is 0. The van der Waals surface area contributed by atoms with E-state index in [1.807, 2.05) is 12.1 Å². The predicted octanol–water partition coefficient (Wildman–Crippen LogP) is 4.75. The molecule has 0 aliphatic rings. The molecule has 17 heavy (non-hydrogen) atoms. The smallest absolute Gasteiger partial charge is 0.0455 e. The molecule has 0 spiro atoms. The first-order valence-electron chi connectivity index (χ1n) is 5.98. The van der Waals surface area contributed by atoms with Gasteiger partial charge in [-0.2, -0.15) is 0 Å². The van der Waals surface area contributed by atoms with Crippen molar-refractivity contribution in [1.82, 2.24) is 0 Å². The molecule has 0 saturated heterocycles. The van der Waals surface area contributed by atoms with Crippen LogP contribution < -0.4 is 4.90 Å². The highest BCUT2D eigenvalue weighted by atomic mass is 15.1. The Balaban J connectivity index is 2.36. The van der Waals surface area contributed by atoms with Crippen molar-refractivity contribution < 1.29 is 0 Å². The van der Waals surface area contributed by atoms with Crippen LogP contribution in [0, 0.1) is 0 Å². The maximum atomic E-state index is 2.20. The molecule has 0 saturated carbocycles. The van der Waals surface area contributed by atoms with Gasteiger partial charge < -0.3 is 4.90 Å². The highest BCUT2D eigenvalue weighted by Crippen LogP contribution is 2.25. The van der Waals surface area contributed by atoms with Gasteiger partial charge in [0, 0.05) is 17.6 Å². The van der Waals surface area contributed by atoms with Crippen LogP contribution in [0.3, 0.4) is 0 Å². The second-order valence-electron chi connectivity index (χ2n) is 3.83. The van der Waals surface area contributed by atoms with Gasteiger partial charge in [0.15, 0.2) is 0 Å². The summed E-state index contributed by atoms with van der Waals surface area (Å²) in [5.41, 5.74) is 2.37. The van der Waals surface area contributed by atoms with Crippen LogP contribution in [0.1, 0.15) is 13.3 Å². The average molecular weight is 223 g/mol. The summed E-state index contributed by atoms with van der Waals surface area (Å²) < 4.78 is 0. The van der Waals surface area contributed by atoms with Crippen LogP contribution in [0.5, 0.6) is 0 Å². The summed E-state index contributed by atoms with van der Waals surface area (Å²) in [6.45, 7) is 2.14. The van der Waals surface area contributed by atoms with Crippen LogP contribution in [0.15, 0.2) is 72.9 Å². The molecule has 0 radical (unpaired) electrons. The number of para-hydroxylation sites is 2. The van der Waals surface area contributed by atoms with Gasteiger partial charge in [-0.1, -0.05) is 49.4 Å². The van der Waals surface area contributed by atoms with Gasteiger partial charge in [0.2, 0.25) is 0 Å². The zero-order chi connectivity index (χ0) is 11.9. The third-order valence-electron chi connectivity index (χ3n) is 2.56. The third kappa shape index (κ3) is 2.97. The van der Waals surface area contributed by atoms with E-state index >= 15 is 0 Å². The van der Waals surface area contributed by atoms with Gasteiger partial charge >= 0.3 is 0 Å². The molecule has 1 nitrogen and oxygen atoms in total. The largest absolute Gasteiger partial charge is 0.318 e.